The Bertz CT molecular complexity index is 833. The summed E-state index contributed by atoms with van der Waals surface area (Å²) in [5.41, 5.74) is 2.46. The van der Waals surface area contributed by atoms with E-state index in [0.717, 1.165) is 15.5 Å². The second kappa shape index (κ2) is 10.3. The number of anilines is 1. The second-order valence-electron chi connectivity index (χ2n) is 5.73. The van der Waals surface area contributed by atoms with Crippen LogP contribution in [-0.2, 0) is 9.53 Å². The Morgan fingerprint density at radius 1 is 1.33 bits per heavy atom. The highest BCUT2D eigenvalue weighted by molar-refractivity contribution is 7.99. The number of nitrogens with one attached hydrogen (secondary N) is 2. The van der Waals surface area contributed by atoms with Crippen molar-refractivity contribution in [1.29, 1.82) is 0 Å². The van der Waals surface area contributed by atoms with Crippen molar-refractivity contribution in [2.45, 2.75) is 11.1 Å². The number of thiophene rings is 1. The Morgan fingerprint density at radius 3 is 2.67 bits per heavy atom. The quantitative estimate of drug-likeness (QED) is 0.197. The first-order valence-corrected chi connectivity index (χ1v) is 10.1. The fourth-order valence-corrected chi connectivity index (χ4v) is 3.96. The van der Waals surface area contributed by atoms with Gasteiger partial charge in [-0.25, -0.2) is 0 Å². The van der Waals surface area contributed by atoms with E-state index >= 15 is 0 Å². The van der Waals surface area contributed by atoms with Gasteiger partial charge in [-0.05, 0) is 48.0 Å². The maximum atomic E-state index is 11.1. The van der Waals surface area contributed by atoms with Gasteiger partial charge in [0, 0.05) is 20.2 Å². The number of halogens is 1. The van der Waals surface area contributed by atoms with Crippen LogP contribution in [0.3, 0.4) is 0 Å². The van der Waals surface area contributed by atoms with Crippen molar-refractivity contribution < 1.29 is 9.53 Å². The molecule has 0 fully saturated rings. The van der Waals surface area contributed by atoms with E-state index < -0.39 is 0 Å². The van der Waals surface area contributed by atoms with Crippen molar-refractivity contribution >= 4 is 46.9 Å². The molecule has 144 valence electrons. The first-order valence-electron chi connectivity index (χ1n) is 8.07. The van der Waals surface area contributed by atoms with Gasteiger partial charge in [0.1, 0.15) is 23.6 Å². The van der Waals surface area contributed by atoms with Gasteiger partial charge in [0.2, 0.25) is 0 Å². The van der Waals surface area contributed by atoms with Crippen molar-refractivity contribution in [2.24, 2.45) is 0 Å². The molecule has 2 rings (SSSR count). The number of carbonyl (C=O) groups excluding carboxylic acids is 1. The molecule has 0 aliphatic carbocycles. The number of hydrogen-bond acceptors (Lipinski definition) is 7. The minimum absolute atomic E-state index is 0.411. The molecular weight excluding hydrogens is 402 g/mol. The summed E-state index contributed by atoms with van der Waals surface area (Å²) in [6.45, 7) is 1.98. The van der Waals surface area contributed by atoms with Crippen LogP contribution in [0.1, 0.15) is 5.56 Å². The van der Waals surface area contributed by atoms with Gasteiger partial charge >= 0.3 is 0 Å². The summed E-state index contributed by atoms with van der Waals surface area (Å²) in [4.78, 5) is 13.0. The van der Waals surface area contributed by atoms with Crippen molar-refractivity contribution in [1.82, 2.24) is 9.62 Å². The Morgan fingerprint density at radius 2 is 2.11 bits per heavy atom. The van der Waals surface area contributed by atoms with Gasteiger partial charge in [-0.3, -0.25) is 4.79 Å². The van der Waals surface area contributed by atoms with Gasteiger partial charge < -0.3 is 19.7 Å². The van der Waals surface area contributed by atoms with E-state index in [1.54, 1.807) is 11.3 Å². The highest BCUT2D eigenvalue weighted by Crippen LogP contribution is 2.28. The number of benzene rings is 1. The van der Waals surface area contributed by atoms with Crippen LogP contribution in [0.25, 0.3) is 0 Å². The zero-order valence-electron chi connectivity index (χ0n) is 15.6. The van der Waals surface area contributed by atoms with Gasteiger partial charge in [-0.15, -0.1) is 11.3 Å². The van der Waals surface area contributed by atoms with Gasteiger partial charge in [-0.2, -0.15) is 0 Å². The predicted molar refractivity (Wildman–Crippen MR) is 115 cm³/mol. The molecule has 0 unspecified atom stereocenters. The van der Waals surface area contributed by atoms with Crippen LogP contribution in [0, 0.1) is 6.92 Å². The average molecular weight is 424 g/mol. The highest BCUT2D eigenvalue weighted by atomic mass is 35.5. The summed E-state index contributed by atoms with van der Waals surface area (Å²) in [6, 6.07) is 9.78. The molecule has 8 heteroatoms. The molecule has 0 bridgehead atoms. The van der Waals surface area contributed by atoms with E-state index in [2.05, 4.69) is 10.0 Å². The number of aldehydes is 1. The molecular formula is C19H22ClN3O2S2. The maximum absolute atomic E-state index is 11.1. The van der Waals surface area contributed by atoms with Crippen molar-refractivity contribution in [2.75, 3.05) is 26.5 Å². The second-order valence-corrected chi connectivity index (χ2v) is 8.20. The van der Waals surface area contributed by atoms with Crippen molar-refractivity contribution in [3.63, 3.8) is 0 Å². The van der Waals surface area contributed by atoms with E-state index in [-0.39, 0.29) is 0 Å². The number of hydrogen-bond donors (Lipinski definition) is 2. The zero-order chi connectivity index (χ0) is 19.8. The van der Waals surface area contributed by atoms with Crippen molar-refractivity contribution in [3.8, 4) is 0 Å². The SMILES string of the molecule is COC(=C/C=O)/C(NSc1cccs1)=C(/Nc1ccc(C)cc1Cl)N(C)C. The minimum Gasteiger partial charge on any atom is -0.494 e. The van der Waals surface area contributed by atoms with Crippen LogP contribution in [0.15, 0.2) is 63.3 Å². The van der Waals surface area contributed by atoms with Crippen molar-refractivity contribution in [3.05, 3.63) is 69.7 Å². The summed E-state index contributed by atoms with van der Waals surface area (Å²) >= 11 is 9.45. The minimum atomic E-state index is 0.411. The monoisotopic (exact) mass is 423 g/mol. The zero-order valence-corrected chi connectivity index (χ0v) is 18.0. The normalized spacial score (nSPS) is 12.3. The summed E-state index contributed by atoms with van der Waals surface area (Å²) in [6.07, 6.45) is 2.07. The number of methoxy groups -OCH3 is 1. The topological polar surface area (TPSA) is 53.6 Å². The molecule has 5 nitrogen and oxygen atoms in total. The lowest BCUT2D eigenvalue weighted by Gasteiger charge is -2.25. The van der Waals surface area contributed by atoms with E-state index in [0.29, 0.717) is 28.6 Å². The van der Waals surface area contributed by atoms with Crippen LogP contribution >= 0.6 is 34.9 Å². The van der Waals surface area contributed by atoms with E-state index in [9.17, 15) is 4.79 Å². The molecule has 27 heavy (non-hydrogen) atoms. The average Bonchev–Trinajstić information content (AvgIpc) is 3.14. The lowest BCUT2D eigenvalue weighted by Crippen LogP contribution is -2.26. The van der Waals surface area contributed by atoms with Crippen LogP contribution in [-0.4, -0.2) is 32.4 Å². The van der Waals surface area contributed by atoms with E-state index in [1.165, 1.54) is 25.1 Å². The number of ether oxygens (including phenoxy) is 1. The molecule has 0 saturated carbocycles. The van der Waals surface area contributed by atoms with Gasteiger partial charge in [-0.1, -0.05) is 23.7 Å². The number of allylic oxidation sites excluding steroid dienone is 1. The number of aryl methyl sites for hydroxylation is 1. The van der Waals surface area contributed by atoms with Crippen LogP contribution in [0.5, 0.6) is 0 Å². The molecule has 0 atom stereocenters. The molecule has 1 aromatic heterocycles. The molecule has 0 spiro atoms. The first kappa shape index (κ1) is 21.2. The molecule has 0 radical (unpaired) electrons. The van der Waals surface area contributed by atoms with Crippen LogP contribution in [0.2, 0.25) is 5.02 Å². The third-order valence-corrected chi connectivity index (χ3v) is 5.65. The van der Waals surface area contributed by atoms with Gasteiger partial charge in [0.25, 0.3) is 0 Å². The number of nitrogens with zero attached hydrogens (tertiary/aromatic N) is 1. The number of rotatable bonds is 9. The molecule has 0 saturated heterocycles. The molecule has 0 aliphatic heterocycles. The summed E-state index contributed by atoms with van der Waals surface area (Å²) < 4.78 is 9.82. The lowest BCUT2D eigenvalue weighted by molar-refractivity contribution is -0.104. The Hall–Kier alpha value is -2.09. The summed E-state index contributed by atoms with van der Waals surface area (Å²) in [5.74, 6) is 1.12. The lowest BCUT2D eigenvalue weighted by atomic mass is 10.2. The Balaban J connectivity index is 2.46. The largest absolute Gasteiger partial charge is 0.494 e. The first-order chi connectivity index (χ1) is 13.0. The van der Waals surface area contributed by atoms with E-state index in [1.807, 2.05) is 61.6 Å². The van der Waals surface area contributed by atoms with Crippen LogP contribution in [0.4, 0.5) is 5.69 Å². The Kier molecular flexibility index (Phi) is 8.09. The third-order valence-electron chi connectivity index (χ3n) is 3.50. The molecule has 2 N–H and O–H groups in total. The third kappa shape index (κ3) is 5.95. The molecule has 0 amide bonds. The number of carbonyl (C=O) groups is 1. The smallest absolute Gasteiger partial charge is 0.149 e. The fourth-order valence-electron chi connectivity index (χ4n) is 2.20. The van der Waals surface area contributed by atoms with Crippen LogP contribution < -0.4 is 10.0 Å². The van der Waals surface area contributed by atoms with Gasteiger partial charge in [0.05, 0.1) is 22.0 Å². The summed E-state index contributed by atoms with van der Waals surface area (Å²) in [5, 5.41) is 5.95. The molecule has 1 heterocycles. The standard InChI is InChI=1S/C19H22ClN3O2S2/c1-13-7-8-15(14(20)12-13)21-19(23(2)3)18(16(25-4)9-10-24)22-27-17-6-5-11-26-17/h5-12,21-22H,1-4H3/b16-9+,19-18+. The van der Waals surface area contributed by atoms with E-state index in [4.69, 9.17) is 16.3 Å². The molecule has 2 aromatic rings. The fraction of sp³-hybridized carbons (Fsp3) is 0.211. The maximum Gasteiger partial charge on any atom is 0.149 e. The predicted octanol–water partition coefficient (Wildman–Crippen LogP) is 4.88. The molecule has 0 aliphatic rings. The molecule has 1 aromatic carbocycles. The highest BCUT2D eigenvalue weighted by Gasteiger charge is 2.17. The summed E-state index contributed by atoms with van der Waals surface area (Å²) in [7, 11) is 5.32. The Labute approximate surface area is 173 Å². The van der Waals surface area contributed by atoms with Gasteiger partial charge in [0.15, 0.2) is 0 Å².